The number of hydrogen-bond donors (Lipinski definition) is 1. The van der Waals surface area contributed by atoms with Crippen molar-refractivity contribution in [2.75, 3.05) is 12.8 Å². The SMILES string of the molecule is Cc1cc(-c2ccc(S(C)(=O)=O)cc2)cnc1-n1cnn(CC(CN)=C(F)F)c1=O. The third-order valence-electron chi connectivity index (χ3n) is 4.48. The highest BCUT2D eigenvalue weighted by atomic mass is 32.2. The number of pyridine rings is 1. The summed E-state index contributed by atoms with van der Waals surface area (Å²) in [5.74, 6) is 0.307. The highest BCUT2D eigenvalue weighted by Crippen LogP contribution is 2.23. The summed E-state index contributed by atoms with van der Waals surface area (Å²) in [5, 5.41) is 3.86. The second-order valence-corrected chi connectivity index (χ2v) is 8.69. The second-order valence-electron chi connectivity index (χ2n) is 6.67. The molecule has 0 aliphatic carbocycles. The average molecular weight is 435 g/mol. The van der Waals surface area contributed by atoms with Gasteiger partial charge in [-0.2, -0.15) is 13.9 Å². The van der Waals surface area contributed by atoms with Crippen LogP contribution in [0, 0.1) is 6.92 Å². The minimum Gasteiger partial charge on any atom is -0.327 e. The number of sulfone groups is 1. The van der Waals surface area contributed by atoms with Crippen LogP contribution in [0.25, 0.3) is 16.9 Å². The molecule has 0 saturated heterocycles. The molecule has 0 amide bonds. The van der Waals surface area contributed by atoms with Crippen LogP contribution in [0.15, 0.2) is 64.2 Å². The summed E-state index contributed by atoms with van der Waals surface area (Å²) < 4.78 is 50.9. The maximum atomic E-state index is 12.8. The van der Waals surface area contributed by atoms with Crippen molar-refractivity contribution in [1.82, 2.24) is 19.3 Å². The molecule has 1 aromatic carbocycles. The summed E-state index contributed by atoms with van der Waals surface area (Å²) in [6.07, 6.45) is 1.95. The molecule has 158 valence electrons. The molecule has 8 nitrogen and oxygen atoms in total. The molecule has 0 unspecified atom stereocenters. The van der Waals surface area contributed by atoms with Gasteiger partial charge in [-0.25, -0.2) is 27.4 Å². The Morgan fingerprint density at radius 3 is 2.37 bits per heavy atom. The van der Waals surface area contributed by atoms with E-state index in [1.807, 2.05) is 0 Å². The average Bonchev–Trinajstić information content (AvgIpc) is 3.05. The number of halogens is 2. The van der Waals surface area contributed by atoms with Gasteiger partial charge in [0.1, 0.15) is 12.1 Å². The van der Waals surface area contributed by atoms with E-state index >= 15 is 0 Å². The molecular formula is C19H19F2N5O3S. The molecule has 0 atom stereocenters. The van der Waals surface area contributed by atoms with Crippen LogP contribution in [-0.4, -0.2) is 40.5 Å². The fourth-order valence-electron chi connectivity index (χ4n) is 2.85. The zero-order valence-corrected chi connectivity index (χ0v) is 17.0. The van der Waals surface area contributed by atoms with Gasteiger partial charge in [-0.1, -0.05) is 12.1 Å². The van der Waals surface area contributed by atoms with Gasteiger partial charge >= 0.3 is 5.69 Å². The van der Waals surface area contributed by atoms with Gasteiger partial charge < -0.3 is 5.73 Å². The summed E-state index contributed by atoms with van der Waals surface area (Å²) in [4.78, 5) is 17.1. The Balaban J connectivity index is 1.93. The van der Waals surface area contributed by atoms with Gasteiger partial charge in [-0.3, -0.25) is 0 Å². The smallest absolute Gasteiger partial charge is 0.327 e. The normalized spacial score (nSPS) is 11.5. The molecule has 0 radical (unpaired) electrons. The maximum Gasteiger partial charge on any atom is 0.351 e. The van der Waals surface area contributed by atoms with Gasteiger partial charge in [0.2, 0.25) is 0 Å². The number of rotatable bonds is 6. The lowest BCUT2D eigenvalue weighted by atomic mass is 10.1. The van der Waals surface area contributed by atoms with Crippen LogP contribution in [0.3, 0.4) is 0 Å². The van der Waals surface area contributed by atoms with E-state index in [9.17, 15) is 22.0 Å². The number of aryl methyl sites for hydroxylation is 1. The third-order valence-corrected chi connectivity index (χ3v) is 5.61. The lowest BCUT2D eigenvalue weighted by Gasteiger charge is -2.08. The van der Waals surface area contributed by atoms with Gasteiger partial charge in [-0.05, 0) is 36.2 Å². The minimum absolute atomic E-state index is 0.210. The van der Waals surface area contributed by atoms with Crippen LogP contribution in [0.2, 0.25) is 0 Å². The van der Waals surface area contributed by atoms with E-state index < -0.39 is 28.2 Å². The first-order valence-electron chi connectivity index (χ1n) is 8.77. The molecule has 3 rings (SSSR count). The van der Waals surface area contributed by atoms with Crippen LogP contribution in [0.5, 0.6) is 0 Å². The number of aromatic nitrogens is 4. The van der Waals surface area contributed by atoms with Gasteiger partial charge in [-0.15, -0.1) is 0 Å². The fourth-order valence-corrected chi connectivity index (χ4v) is 3.48. The summed E-state index contributed by atoms with van der Waals surface area (Å²) in [5.41, 5.74) is 6.41. The van der Waals surface area contributed by atoms with Crippen molar-refractivity contribution >= 4 is 9.84 Å². The molecule has 11 heteroatoms. The van der Waals surface area contributed by atoms with Crippen molar-refractivity contribution in [3.63, 3.8) is 0 Å². The van der Waals surface area contributed by atoms with E-state index in [-0.39, 0.29) is 17.0 Å². The summed E-state index contributed by atoms with van der Waals surface area (Å²) >= 11 is 0. The zero-order chi connectivity index (χ0) is 22.1. The first-order valence-corrected chi connectivity index (χ1v) is 10.7. The molecule has 2 aromatic heterocycles. The van der Waals surface area contributed by atoms with Crippen LogP contribution in [0.1, 0.15) is 5.56 Å². The standard InChI is InChI=1S/C19H19F2N5O3S/c1-12-7-14(13-3-5-16(6-4-13)30(2,28)29)9-23-18(12)25-11-24-26(19(25)27)10-15(8-22)17(20)21/h3-7,9,11H,8,10,22H2,1-2H3. The maximum absolute atomic E-state index is 12.8. The number of benzene rings is 1. The van der Waals surface area contributed by atoms with Gasteiger partial charge in [0.05, 0.1) is 11.4 Å². The second kappa shape index (κ2) is 8.28. The van der Waals surface area contributed by atoms with Gasteiger partial charge in [0.15, 0.2) is 9.84 Å². The fraction of sp³-hybridized carbons (Fsp3) is 0.211. The van der Waals surface area contributed by atoms with Crippen molar-refractivity contribution in [3.8, 4) is 16.9 Å². The van der Waals surface area contributed by atoms with Gasteiger partial charge in [0, 0.05) is 30.1 Å². The predicted octanol–water partition coefficient (Wildman–Crippen LogP) is 1.92. The Bertz CT molecular complexity index is 1270. The minimum atomic E-state index is -3.29. The molecule has 3 aromatic rings. The Morgan fingerprint density at radius 1 is 1.17 bits per heavy atom. The molecule has 2 heterocycles. The highest BCUT2D eigenvalue weighted by molar-refractivity contribution is 7.90. The molecule has 0 bridgehead atoms. The molecule has 0 aliphatic rings. The van der Waals surface area contributed by atoms with E-state index in [1.54, 1.807) is 25.1 Å². The van der Waals surface area contributed by atoms with Crippen molar-refractivity contribution in [1.29, 1.82) is 0 Å². The van der Waals surface area contributed by atoms with Crippen LogP contribution < -0.4 is 11.4 Å². The van der Waals surface area contributed by atoms with Crippen molar-refractivity contribution < 1.29 is 17.2 Å². The molecule has 0 fully saturated rings. The van der Waals surface area contributed by atoms with E-state index in [0.717, 1.165) is 26.6 Å². The Kier molecular flexibility index (Phi) is 5.94. The molecular weight excluding hydrogens is 416 g/mol. The third kappa shape index (κ3) is 4.36. The zero-order valence-electron chi connectivity index (χ0n) is 16.2. The molecule has 2 N–H and O–H groups in total. The number of nitrogens with two attached hydrogens (primary N) is 1. The molecule has 0 saturated carbocycles. The van der Waals surface area contributed by atoms with Crippen LogP contribution >= 0.6 is 0 Å². The molecule has 0 aliphatic heterocycles. The number of hydrogen-bond acceptors (Lipinski definition) is 6. The van der Waals surface area contributed by atoms with E-state index in [2.05, 4.69) is 10.1 Å². The van der Waals surface area contributed by atoms with Crippen LogP contribution in [0.4, 0.5) is 8.78 Å². The topological polar surface area (TPSA) is 113 Å². The lowest BCUT2D eigenvalue weighted by molar-refractivity contribution is 0.400. The highest BCUT2D eigenvalue weighted by Gasteiger charge is 2.14. The monoisotopic (exact) mass is 435 g/mol. The summed E-state index contributed by atoms with van der Waals surface area (Å²) in [7, 11) is -3.29. The van der Waals surface area contributed by atoms with Crippen molar-refractivity contribution in [2.24, 2.45) is 5.73 Å². The Hall–Kier alpha value is -3.18. The molecule has 0 spiro atoms. The molecule has 30 heavy (non-hydrogen) atoms. The lowest BCUT2D eigenvalue weighted by Crippen LogP contribution is -2.27. The summed E-state index contributed by atoms with van der Waals surface area (Å²) in [6.45, 7) is 0.952. The first-order chi connectivity index (χ1) is 14.1. The van der Waals surface area contributed by atoms with E-state index in [1.165, 1.54) is 24.7 Å². The quantitative estimate of drug-likeness (QED) is 0.633. The summed E-state index contributed by atoms with van der Waals surface area (Å²) in [6, 6.07) is 8.14. The van der Waals surface area contributed by atoms with Crippen LogP contribution in [-0.2, 0) is 16.4 Å². The largest absolute Gasteiger partial charge is 0.351 e. The Morgan fingerprint density at radius 2 is 1.83 bits per heavy atom. The van der Waals surface area contributed by atoms with Crippen molar-refractivity contribution in [2.45, 2.75) is 18.4 Å². The Labute approximate surface area is 171 Å². The van der Waals surface area contributed by atoms with Crippen molar-refractivity contribution in [3.05, 3.63) is 70.6 Å². The first kappa shape index (κ1) is 21.5. The van der Waals surface area contributed by atoms with E-state index in [0.29, 0.717) is 11.4 Å². The predicted molar refractivity (Wildman–Crippen MR) is 107 cm³/mol. The van der Waals surface area contributed by atoms with Gasteiger partial charge in [0.25, 0.3) is 6.08 Å². The van der Waals surface area contributed by atoms with E-state index in [4.69, 9.17) is 5.73 Å². The number of nitrogens with zero attached hydrogens (tertiary/aromatic N) is 4.